The van der Waals surface area contributed by atoms with E-state index in [1.165, 1.54) is 4.31 Å². The van der Waals surface area contributed by atoms with Crippen molar-refractivity contribution in [1.82, 2.24) is 4.31 Å². The van der Waals surface area contributed by atoms with Gasteiger partial charge in [-0.25, -0.2) is 8.42 Å². The number of benzene rings is 2. The minimum Gasteiger partial charge on any atom is -0.265 e. The molecule has 0 radical (unpaired) electrons. The topological polar surface area (TPSA) is 80.5 Å². The monoisotopic (exact) mass is 374 g/mol. The molecular formula is C19H22N2O4S. The molecule has 0 aromatic heterocycles. The predicted molar refractivity (Wildman–Crippen MR) is 99.1 cm³/mol. The molecule has 0 N–H and O–H groups in total. The standard InChI is InChI=1S/C19H22N2O4S/c1-15-7-9-18(10-8-15)26(24,25)20-12-11-17(13-20)19(14-21(22)23)16-5-3-2-4-6-16/h2-10,17,19H,11-14H2,1H3/t17-,19+/m0/s1. The summed E-state index contributed by atoms with van der Waals surface area (Å²) in [6.45, 7) is 2.42. The first kappa shape index (κ1) is 18.5. The van der Waals surface area contributed by atoms with E-state index >= 15 is 0 Å². The largest absolute Gasteiger partial charge is 0.265 e. The first-order valence-electron chi connectivity index (χ1n) is 8.61. The van der Waals surface area contributed by atoms with Crippen molar-refractivity contribution >= 4 is 10.0 Å². The molecule has 6 nitrogen and oxygen atoms in total. The number of sulfonamides is 1. The maximum Gasteiger partial charge on any atom is 0.243 e. The first-order valence-corrected chi connectivity index (χ1v) is 10.1. The SMILES string of the molecule is Cc1ccc(S(=O)(=O)N2CC[C@H]([C@H](C[N+](=O)[O-])c3ccccc3)C2)cc1. The first-order chi connectivity index (χ1) is 12.4. The Labute approximate surface area is 153 Å². The zero-order chi connectivity index (χ0) is 18.7. The van der Waals surface area contributed by atoms with Crippen molar-refractivity contribution in [2.24, 2.45) is 5.92 Å². The molecule has 26 heavy (non-hydrogen) atoms. The second-order valence-corrected chi connectivity index (χ2v) is 8.70. The van der Waals surface area contributed by atoms with Gasteiger partial charge in [0.1, 0.15) is 0 Å². The van der Waals surface area contributed by atoms with Crippen LogP contribution >= 0.6 is 0 Å². The molecule has 0 saturated carbocycles. The van der Waals surface area contributed by atoms with E-state index in [9.17, 15) is 18.5 Å². The van der Waals surface area contributed by atoms with Gasteiger partial charge in [-0.2, -0.15) is 4.31 Å². The van der Waals surface area contributed by atoms with E-state index in [0.29, 0.717) is 19.5 Å². The van der Waals surface area contributed by atoms with Crippen LogP contribution in [0.25, 0.3) is 0 Å². The number of aryl methyl sites for hydroxylation is 1. The van der Waals surface area contributed by atoms with Crippen molar-refractivity contribution in [3.05, 3.63) is 75.8 Å². The lowest BCUT2D eigenvalue weighted by Crippen LogP contribution is -2.30. The van der Waals surface area contributed by atoms with E-state index in [4.69, 9.17) is 0 Å². The Bertz CT molecular complexity index is 866. The third kappa shape index (κ3) is 3.94. The molecule has 2 aromatic rings. The Morgan fingerprint density at radius 1 is 1.15 bits per heavy atom. The fourth-order valence-corrected chi connectivity index (χ4v) is 5.06. The number of rotatable bonds is 6. The number of nitrogens with zero attached hydrogens (tertiary/aromatic N) is 2. The van der Waals surface area contributed by atoms with Crippen LogP contribution in [0.1, 0.15) is 23.5 Å². The minimum atomic E-state index is -3.57. The molecule has 0 aliphatic carbocycles. The summed E-state index contributed by atoms with van der Waals surface area (Å²) in [6.07, 6.45) is 0.624. The van der Waals surface area contributed by atoms with Crippen LogP contribution in [-0.2, 0) is 10.0 Å². The molecule has 2 atom stereocenters. The molecule has 1 saturated heterocycles. The van der Waals surface area contributed by atoms with Crippen LogP contribution in [0, 0.1) is 23.0 Å². The Hall–Kier alpha value is -2.25. The molecule has 0 bridgehead atoms. The van der Waals surface area contributed by atoms with Gasteiger partial charge in [0, 0.05) is 18.0 Å². The van der Waals surface area contributed by atoms with E-state index in [-0.39, 0.29) is 28.2 Å². The zero-order valence-electron chi connectivity index (χ0n) is 14.6. The smallest absolute Gasteiger partial charge is 0.243 e. The lowest BCUT2D eigenvalue weighted by molar-refractivity contribution is -0.484. The fourth-order valence-electron chi connectivity index (χ4n) is 3.55. The van der Waals surface area contributed by atoms with Crippen LogP contribution in [0.4, 0.5) is 0 Å². The number of hydrogen-bond acceptors (Lipinski definition) is 4. The van der Waals surface area contributed by atoms with Gasteiger partial charge in [0.2, 0.25) is 16.6 Å². The summed E-state index contributed by atoms with van der Waals surface area (Å²) in [5.74, 6) is -0.354. The molecule has 1 heterocycles. The lowest BCUT2D eigenvalue weighted by Gasteiger charge is -2.21. The molecule has 7 heteroatoms. The summed E-state index contributed by atoms with van der Waals surface area (Å²) in [6, 6.07) is 16.1. The molecule has 3 rings (SSSR count). The van der Waals surface area contributed by atoms with E-state index in [2.05, 4.69) is 0 Å². The molecule has 1 aliphatic rings. The van der Waals surface area contributed by atoms with Crippen molar-refractivity contribution in [2.75, 3.05) is 19.6 Å². The molecule has 0 amide bonds. The van der Waals surface area contributed by atoms with Gasteiger partial charge in [-0.3, -0.25) is 10.1 Å². The van der Waals surface area contributed by atoms with Gasteiger partial charge in [-0.05, 0) is 37.0 Å². The van der Waals surface area contributed by atoms with Crippen molar-refractivity contribution in [1.29, 1.82) is 0 Å². The molecule has 0 unspecified atom stereocenters. The molecule has 138 valence electrons. The second kappa shape index (κ2) is 7.55. The summed E-state index contributed by atoms with van der Waals surface area (Å²) >= 11 is 0. The summed E-state index contributed by atoms with van der Waals surface area (Å²) in [5, 5.41) is 11.1. The van der Waals surface area contributed by atoms with Gasteiger partial charge in [-0.15, -0.1) is 0 Å². The predicted octanol–water partition coefficient (Wildman–Crippen LogP) is 3.07. The molecule has 2 aromatic carbocycles. The second-order valence-electron chi connectivity index (χ2n) is 6.76. The highest BCUT2D eigenvalue weighted by atomic mass is 32.2. The quantitative estimate of drug-likeness (QED) is 0.575. The average Bonchev–Trinajstić information content (AvgIpc) is 3.11. The van der Waals surface area contributed by atoms with Crippen LogP contribution < -0.4 is 0 Å². The van der Waals surface area contributed by atoms with E-state index in [1.807, 2.05) is 37.3 Å². The average molecular weight is 374 g/mol. The van der Waals surface area contributed by atoms with Crippen LogP contribution in [0.5, 0.6) is 0 Å². The Kier molecular flexibility index (Phi) is 5.38. The number of nitro groups is 1. The Morgan fingerprint density at radius 2 is 1.81 bits per heavy atom. The summed E-state index contributed by atoms with van der Waals surface area (Å²) in [4.78, 5) is 11.1. The Balaban J connectivity index is 1.81. The van der Waals surface area contributed by atoms with Crippen LogP contribution in [0.15, 0.2) is 59.5 Å². The van der Waals surface area contributed by atoms with E-state index in [0.717, 1.165) is 11.1 Å². The van der Waals surface area contributed by atoms with Crippen molar-refractivity contribution < 1.29 is 13.3 Å². The van der Waals surface area contributed by atoms with Gasteiger partial charge in [-0.1, -0.05) is 48.0 Å². The van der Waals surface area contributed by atoms with Crippen molar-refractivity contribution in [2.45, 2.75) is 24.2 Å². The summed E-state index contributed by atoms with van der Waals surface area (Å²) in [5.41, 5.74) is 1.89. The van der Waals surface area contributed by atoms with E-state index < -0.39 is 10.0 Å². The third-order valence-electron chi connectivity index (χ3n) is 4.99. The number of hydrogen-bond donors (Lipinski definition) is 0. The van der Waals surface area contributed by atoms with Crippen LogP contribution in [0.3, 0.4) is 0 Å². The highest BCUT2D eigenvalue weighted by Gasteiger charge is 2.38. The summed E-state index contributed by atoms with van der Waals surface area (Å²) in [7, 11) is -3.57. The third-order valence-corrected chi connectivity index (χ3v) is 6.87. The zero-order valence-corrected chi connectivity index (χ0v) is 15.4. The molecule has 0 spiro atoms. The van der Waals surface area contributed by atoms with Gasteiger partial charge in [0.25, 0.3) is 0 Å². The maximum atomic E-state index is 12.9. The van der Waals surface area contributed by atoms with Gasteiger partial charge < -0.3 is 0 Å². The highest BCUT2D eigenvalue weighted by molar-refractivity contribution is 7.89. The lowest BCUT2D eigenvalue weighted by atomic mass is 9.85. The fraction of sp³-hybridized carbons (Fsp3) is 0.368. The van der Waals surface area contributed by atoms with Crippen LogP contribution in [-0.4, -0.2) is 37.3 Å². The Morgan fingerprint density at radius 3 is 2.42 bits per heavy atom. The molecule has 1 aliphatic heterocycles. The van der Waals surface area contributed by atoms with Crippen molar-refractivity contribution in [3.8, 4) is 0 Å². The highest BCUT2D eigenvalue weighted by Crippen LogP contribution is 2.34. The van der Waals surface area contributed by atoms with Gasteiger partial charge >= 0.3 is 0 Å². The van der Waals surface area contributed by atoms with E-state index in [1.54, 1.807) is 24.3 Å². The normalized spacial score (nSPS) is 19.3. The van der Waals surface area contributed by atoms with Crippen LogP contribution in [0.2, 0.25) is 0 Å². The van der Waals surface area contributed by atoms with Crippen molar-refractivity contribution in [3.63, 3.8) is 0 Å². The molecule has 1 fully saturated rings. The summed E-state index contributed by atoms with van der Waals surface area (Å²) < 4.78 is 27.2. The maximum absolute atomic E-state index is 12.9. The molecular weight excluding hydrogens is 352 g/mol. The van der Waals surface area contributed by atoms with Gasteiger partial charge in [0.15, 0.2) is 0 Å². The van der Waals surface area contributed by atoms with Gasteiger partial charge in [0.05, 0.1) is 10.8 Å². The minimum absolute atomic E-state index is 0.0666.